The molecular formula is C13H14N2O4S. The van der Waals surface area contributed by atoms with Gasteiger partial charge in [0, 0.05) is 0 Å². The second-order valence-corrected chi connectivity index (χ2v) is 5.00. The predicted molar refractivity (Wildman–Crippen MR) is 74.2 cm³/mol. The number of anilines is 1. The van der Waals surface area contributed by atoms with Crippen molar-refractivity contribution >= 4 is 28.3 Å². The van der Waals surface area contributed by atoms with Crippen LogP contribution in [0.2, 0.25) is 0 Å². The minimum Gasteiger partial charge on any atom is -0.469 e. The lowest BCUT2D eigenvalue weighted by atomic mass is 10.2. The van der Waals surface area contributed by atoms with E-state index in [1.54, 1.807) is 26.8 Å². The smallest absolute Gasteiger partial charge is 0.350 e. The molecule has 7 heteroatoms. The van der Waals surface area contributed by atoms with Crippen molar-refractivity contribution in [3.8, 4) is 0 Å². The molecule has 0 radical (unpaired) electrons. The van der Waals surface area contributed by atoms with Crippen molar-refractivity contribution in [1.82, 2.24) is 4.98 Å². The zero-order chi connectivity index (χ0) is 14.7. The maximum Gasteiger partial charge on any atom is 0.350 e. The Bertz CT molecular complexity index is 645. The van der Waals surface area contributed by atoms with E-state index in [2.05, 4.69) is 10.3 Å². The quantitative estimate of drug-likeness (QED) is 0.877. The number of aryl methyl sites for hydroxylation is 2. The van der Waals surface area contributed by atoms with Gasteiger partial charge in [0.2, 0.25) is 0 Å². The fraction of sp³-hybridized carbons (Fsp3) is 0.308. The van der Waals surface area contributed by atoms with Crippen molar-refractivity contribution in [2.24, 2.45) is 0 Å². The number of furan rings is 1. The van der Waals surface area contributed by atoms with Crippen LogP contribution in [0.4, 0.5) is 5.13 Å². The zero-order valence-corrected chi connectivity index (χ0v) is 12.2. The van der Waals surface area contributed by atoms with Crippen molar-refractivity contribution < 1.29 is 18.7 Å². The molecule has 20 heavy (non-hydrogen) atoms. The van der Waals surface area contributed by atoms with Crippen molar-refractivity contribution in [2.45, 2.75) is 20.8 Å². The number of esters is 1. The lowest BCUT2D eigenvalue weighted by Gasteiger charge is -1.99. The van der Waals surface area contributed by atoms with E-state index < -0.39 is 5.97 Å². The van der Waals surface area contributed by atoms with Gasteiger partial charge in [0.25, 0.3) is 5.91 Å². The van der Waals surface area contributed by atoms with E-state index in [1.165, 1.54) is 6.26 Å². The van der Waals surface area contributed by atoms with Gasteiger partial charge in [0.05, 0.1) is 24.1 Å². The Balaban J connectivity index is 2.15. The fourth-order valence-corrected chi connectivity index (χ4v) is 2.48. The van der Waals surface area contributed by atoms with Crippen LogP contribution >= 0.6 is 11.3 Å². The second-order valence-electron chi connectivity index (χ2n) is 4.00. The fourth-order valence-electron chi connectivity index (χ4n) is 1.62. The molecule has 2 aromatic heterocycles. The molecule has 0 aliphatic carbocycles. The van der Waals surface area contributed by atoms with Gasteiger partial charge >= 0.3 is 5.97 Å². The second kappa shape index (κ2) is 5.87. The van der Waals surface area contributed by atoms with E-state index in [-0.39, 0.29) is 5.91 Å². The molecule has 0 bridgehead atoms. The number of hydrogen-bond donors (Lipinski definition) is 1. The van der Waals surface area contributed by atoms with Gasteiger partial charge in [0.15, 0.2) is 5.13 Å². The minimum absolute atomic E-state index is 0.298. The molecule has 106 valence electrons. The molecule has 0 spiro atoms. The number of hydrogen-bond acceptors (Lipinski definition) is 6. The summed E-state index contributed by atoms with van der Waals surface area (Å²) in [6, 6.07) is 1.58. The Hall–Kier alpha value is -2.15. The molecule has 0 atom stereocenters. The Morgan fingerprint density at radius 1 is 1.45 bits per heavy atom. The summed E-state index contributed by atoms with van der Waals surface area (Å²) in [5.74, 6) is -0.218. The minimum atomic E-state index is -0.428. The van der Waals surface area contributed by atoms with Crippen molar-refractivity contribution in [1.29, 1.82) is 0 Å². The van der Waals surface area contributed by atoms with Crippen molar-refractivity contribution in [2.75, 3.05) is 11.9 Å². The van der Waals surface area contributed by atoms with Gasteiger partial charge in [-0.15, -0.1) is 0 Å². The normalized spacial score (nSPS) is 10.3. The summed E-state index contributed by atoms with van der Waals surface area (Å²) in [4.78, 5) is 28.2. The van der Waals surface area contributed by atoms with Gasteiger partial charge in [-0.05, 0) is 26.8 Å². The number of carbonyl (C=O) groups is 2. The zero-order valence-electron chi connectivity index (χ0n) is 11.4. The Morgan fingerprint density at radius 2 is 2.20 bits per heavy atom. The first-order chi connectivity index (χ1) is 9.52. The number of nitrogens with one attached hydrogen (secondary N) is 1. The number of carbonyl (C=O) groups excluding carboxylic acids is 2. The van der Waals surface area contributed by atoms with E-state index >= 15 is 0 Å². The molecule has 1 N–H and O–H groups in total. The van der Waals surface area contributed by atoms with Crippen LogP contribution in [0.1, 0.15) is 38.4 Å². The monoisotopic (exact) mass is 294 g/mol. The first kappa shape index (κ1) is 14.3. The van der Waals surface area contributed by atoms with E-state index in [0.29, 0.717) is 33.6 Å². The Morgan fingerprint density at radius 3 is 2.80 bits per heavy atom. The van der Waals surface area contributed by atoms with Crippen LogP contribution in [-0.4, -0.2) is 23.5 Å². The maximum absolute atomic E-state index is 12.0. The third kappa shape index (κ3) is 2.88. The van der Waals surface area contributed by atoms with Crippen LogP contribution in [0, 0.1) is 13.8 Å². The van der Waals surface area contributed by atoms with Gasteiger partial charge in [-0.1, -0.05) is 11.3 Å². The summed E-state index contributed by atoms with van der Waals surface area (Å²) in [7, 11) is 0. The highest BCUT2D eigenvalue weighted by Gasteiger charge is 2.19. The molecule has 0 unspecified atom stereocenters. The average molecular weight is 294 g/mol. The average Bonchev–Trinajstić information content (AvgIpc) is 2.96. The highest BCUT2D eigenvalue weighted by molar-refractivity contribution is 7.17. The number of nitrogens with zero attached hydrogens (tertiary/aromatic N) is 1. The molecule has 0 aromatic carbocycles. The number of amides is 1. The molecule has 1 amide bonds. The van der Waals surface area contributed by atoms with E-state index in [0.717, 1.165) is 11.3 Å². The molecule has 0 saturated heterocycles. The largest absolute Gasteiger partial charge is 0.469 e. The Kier molecular flexibility index (Phi) is 4.19. The molecule has 0 aliphatic heterocycles. The number of rotatable bonds is 4. The molecule has 2 aromatic rings. The van der Waals surface area contributed by atoms with E-state index in [9.17, 15) is 9.59 Å². The molecule has 0 fully saturated rings. The Labute approximate surface area is 119 Å². The molecule has 0 saturated carbocycles. The van der Waals surface area contributed by atoms with Gasteiger partial charge in [-0.25, -0.2) is 9.78 Å². The molecule has 2 rings (SSSR count). The third-order valence-electron chi connectivity index (χ3n) is 2.58. The van der Waals surface area contributed by atoms with E-state index in [4.69, 9.17) is 9.15 Å². The van der Waals surface area contributed by atoms with Gasteiger partial charge in [-0.2, -0.15) is 0 Å². The van der Waals surface area contributed by atoms with Crippen LogP contribution in [0.15, 0.2) is 16.7 Å². The van der Waals surface area contributed by atoms with Gasteiger partial charge in [-0.3, -0.25) is 10.1 Å². The number of thiazole rings is 1. The molecule has 2 heterocycles. The number of aromatic nitrogens is 1. The van der Waals surface area contributed by atoms with Crippen LogP contribution in [0.3, 0.4) is 0 Å². The first-order valence-electron chi connectivity index (χ1n) is 6.03. The first-order valence-corrected chi connectivity index (χ1v) is 6.84. The molecule has 0 aliphatic rings. The molecular weight excluding hydrogens is 280 g/mol. The van der Waals surface area contributed by atoms with Gasteiger partial charge < -0.3 is 9.15 Å². The van der Waals surface area contributed by atoms with Gasteiger partial charge in [0.1, 0.15) is 10.6 Å². The van der Waals surface area contributed by atoms with Crippen LogP contribution in [0.25, 0.3) is 0 Å². The summed E-state index contributed by atoms with van der Waals surface area (Å²) >= 11 is 1.09. The lowest BCUT2D eigenvalue weighted by Crippen LogP contribution is -2.11. The standard InChI is InChI=1S/C13H14N2O4S/c1-4-18-12(17)10-7(2)14-13(20-10)15-11(16)9-5-6-19-8(9)3/h5-6H,4H2,1-3H3,(H,14,15,16). The summed E-state index contributed by atoms with van der Waals surface area (Å²) in [6.45, 7) is 5.43. The topological polar surface area (TPSA) is 81.4 Å². The van der Waals surface area contributed by atoms with Crippen molar-refractivity contribution in [3.63, 3.8) is 0 Å². The van der Waals surface area contributed by atoms with Crippen LogP contribution in [-0.2, 0) is 4.74 Å². The van der Waals surface area contributed by atoms with Crippen LogP contribution < -0.4 is 5.32 Å². The highest BCUT2D eigenvalue weighted by Crippen LogP contribution is 2.24. The number of ether oxygens (including phenoxy) is 1. The van der Waals surface area contributed by atoms with Crippen molar-refractivity contribution in [3.05, 3.63) is 34.2 Å². The predicted octanol–water partition coefficient (Wildman–Crippen LogP) is 2.78. The lowest BCUT2D eigenvalue weighted by molar-refractivity contribution is 0.0531. The SMILES string of the molecule is CCOC(=O)c1sc(NC(=O)c2ccoc2C)nc1C. The summed E-state index contributed by atoms with van der Waals surface area (Å²) in [5.41, 5.74) is 0.975. The third-order valence-corrected chi connectivity index (χ3v) is 3.63. The summed E-state index contributed by atoms with van der Waals surface area (Å²) < 4.78 is 9.99. The van der Waals surface area contributed by atoms with E-state index in [1.807, 2.05) is 0 Å². The summed E-state index contributed by atoms with van der Waals surface area (Å²) in [5, 5.41) is 3.00. The maximum atomic E-state index is 12.0. The summed E-state index contributed by atoms with van der Waals surface area (Å²) in [6.07, 6.45) is 1.45. The van der Waals surface area contributed by atoms with Crippen LogP contribution in [0.5, 0.6) is 0 Å². The molecule has 6 nitrogen and oxygen atoms in total. The highest BCUT2D eigenvalue weighted by atomic mass is 32.1.